The van der Waals surface area contributed by atoms with Crippen LogP contribution in [0.3, 0.4) is 0 Å². The summed E-state index contributed by atoms with van der Waals surface area (Å²) in [7, 11) is 0. The first-order chi connectivity index (χ1) is 13.9. The second-order valence-electron chi connectivity index (χ2n) is 6.43. The Kier molecular flexibility index (Phi) is 8.54. The number of amides is 3. The first-order valence-electron chi connectivity index (χ1n) is 9.08. The van der Waals surface area contributed by atoms with Crippen molar-refractivity contribution in [2.24, 2.45) is 5.73 Å². The number of ether oxygens (including phenoxy) is 1. The molecule has 4 N–H and O–H groups in total. The Balaban J connectivity index is 2.20. The van der Waals surface area contributed by atoms with Crippen molar-refractivity contribution < 1.29 is 19.1 Å². The van der Waals surface area contributed by atoms with Crippen LogP contribution in [-0.2, 0) is 14.3 Å². The molecule has 2 atom stereocenters. The van der Waals surface area contributed by atoms with E-state index in [2.05, 4.69) is 10.6 Å². The number of nitrogens with one attached hydrogen (secondary N) is 2. The lowest BCUT2D eigenvalue weighted by atomic mass is 10.1. The molecule has 7 nitrogen and oxygen atoms in total. The van der Waals surface area contributed by atoms with Crippen molar-refractivity contribution in [3.05, 3.63) is 65.7 Å². The van der Waals surface area contributed by atoms with Gasteiger partial charge in [0.2, 0.25) is 6.10 Å². The van der Waals surface area contributed by atoms with Crippen molar-refractivity contribution in [3.8, 4) is 0 Å². The van der Waals surface area contributed by atoms with Gasteiger partial charge in [-0.15, -0.1) is 0 Å². The summed E-state index contributed by atoms with van der Waals surface area (Å²) in [5.41, 5.74) is 7.34. The van der Waals surface area contributed by atoms with Gasteiger partial charge in [0, 0.05) is 11.3 Å². The number of carbonyl (C=O) groups is 3. The fourth-order valence-electron chi connectivity index (χ4n) is 2.60. The normalized spacial score (nSPS) is 12.5. The van der Waals surface area contributed by atoms with E-state index in [0.717, 1.165) is 5.56 Å². The van der Waals surface area contributed by atoms with Crippen LogP contribution in [0.15, 0.2) is 54.6 Å². The molecule has 0 aromatic heterocycles. The predicted molar refractivity (Wildman–Crippen MR) is 115 cm³/mol. The molecule has 3 amide bonds. The Morgan fingerprint density at radius 2 is 1.72 bits per heavy atom. The molecule has 8 heteroatoms. The predicted octanol–water partition coefficient (Wildman–Crippen LogP) is 3.01. The molecule has 0 fully saturated rings. The highest BCUT2D eigenvalue weighted by atomic mass is 32.2. The molecule has 0 saturated heterocycles. The number of hydrogen-bond donors (Lipinski definition) is 3. The first kappa shape index (κ1) is 22.3. The average Bonchev–Trinajstić information content (AvgIpc) is 2.71. The van der Waals surface area contributed by atoms with E-state index in [1.165, 1.54) is 11.8 Å². The van der Waals surface area contributed by atoms with Gasteiger partial charge in [-0.25, -0.2) is 9.59 Å². The van der Waals surface area contributed by atoms with Crippen LogP contribution in [0.4, 0.5) is 10.5 Å². The van der Waals surface area contributed by atoms with Crippen molar-refractivity contribution in [1.29, 1.82) is 0 Å². The molecule has 0 heterocycles. The van der Waals surface area contributed by atoms with Gasteiger partial charge in [-0.3, -0.25) is 4.79 Å². The van der Waals surface area contributed by atoms with Gasteiger partial charge in [0.05, 0.1) is 0 Å². The Labute approximate surface area is 174 Å². The summed E-state index contributed by atoms with van der Waals surface area (Å²) in [5.74, 6) is -0.590. The van der Waals surface area contributed by atoms with E-state index in [9.17, 15) is 14.4 Å². The molecule has 154 valence electrons. The number of primary amides is 1. The van der Waals surface area contributed by atoms with Crippen molar-refractivity contribution in [2.75, 3.05) is 17.3 Å². The number of rotatable bonds is 9. The van der Waals surface area contributed by atoms with Crippen molar-refractivity contribution in [3.63, 3.8) is 0 Å². The Bertz CT molecular complexity index is 828. The van der Waals surface area contributed by atoms with Gasteiger partial charge in [0.25, 0.3) is 5.91 Å². The van der Waals surface area contributed by atoms with Gasteiger partial charge < -0.3 is 21.1 Å². The number of benzene rings is 2. The topological polar surface area (TPSA) is 111 Å². The summed E-state index contributed by atoms with van der Waals surface area (Å²) in [6, 6.07) is 14.2. The molecule has 0 spiro atoms. The second kappa shape index (κ2) is 11.1. The van der Waals surface area contributed by atoms with Gasteiger partial charge in [0.1, 0.15) is 6.04 Å². The summed E-state index contributed by atoms with van der Waals surface area (Å²) in [6.45, 7) is 1.95. The maximum absolute atomic E-state index is 12.9. The number of urea groups is 1. The van der Waals surface area contributed by atoms with Gasteiger partial charge in [-0.05, 0) is 37.5 Å². The van der Waals surface area contributed by atoms with Crippen LogP contribution in [0.25, 0.3) is 0 Å². The average molecular weight is 416 g/mol. The molecule has 2 aromatic carbocycles. The Hall–Kier alpha value is -3.00. The van der Waals surface area contributed by atoms with E-state index in [1.54, 1.807) is 42.5 Å². The smallest absolute Gasteiger partial charge is 0.329 e. The second-order valence-corrected chi connectivity index (χ2v) is 7.41. The van der Waals surface area contributed by atoms with Crippen LogP contribution in [0.1, 0.15) is 23.7 Å². The molecule has 29 heavy (non-hydrogen) atoms. The summed E-state index contributed by atoms with van der Waals surface area (Å²) in [6.07, 6.45) is 1.05. The Morgan fingerprint density at radius 1 is 1.07 bits per heavy atom. The highest BCUT2D eigenvalue weighted by molar-refractivity contribution is 7.98. The standard InChI is InChI=1S/C21H25N3O4S/c1-14-8-10-16(11-9-14)23-19(25)18(15-6-4-3-5-7-15)28-20(26)17(12-13-29-2)24-21(22)27/h3-11,17-18H,12-13H2,1-2H3,(H,23,25)(H3,22,24,27)/t17-,18+/m0/s1. The molecule has 2 rings (SSSR count). The quantitative estimate of drug-likeness (QED) is 0.545. The van der Waals surface area contributed by atoms with E-state index in [0.29, 0.717) is 23.4 Å². The molecular formula is C21H25N3O4S. The number of aryl methyl sites for hydroxylation is 1. The maximum Gasteiger partial charge on any atom is 0.329 e. The minimum Gasteiger partial charge on any atom is -0.446 e. The van der Waals surface area contributed by atoms with E-state index >= 15 is 0 Å². The van der Waals surface area contributed by atoms with Crippen LogP contribution in [0.5, 0.6) is 0 Å². The molecule has 0 radical (unpaired) electrons. The molecule has 0 bridgehead atoms. The van der Waals surface area contributed by atoms with E-state index in [1.807, 2.05) is 25.3 Å². The minimum absolute atomic E-state index is 0.337. The van der Waals surface area contributed by atoms with Crippen molar-refractivity contribution in [1.82, 2.24) is 5.32 Å². The van der Waals surface area contributed by atoms with Gasteiger partial charge in [-0.1, -0.05) is 48.0 Å². The molecule has 0 aliphatic carbocycles. The lowest BCUT2D eigenvalue weighted by molar-refractivity contribution is -0.156. The van der Waals surface area contributed by atoms with Crippen molar-refractivity contribution >= 4 is 35.4 Å². The molecule has 0 aliphatic rings. The van der Waals surface area contributed by atoms with Gasteiger partial charge >= 0.3 is 12.0 Å². The number of anilines is 1. The first-order valence-corrected chi connectivity index (χ1v) is 10.5. The third-order valence-electron chi connectivity index (χ3n) is 4.11. The van der Waals surface area contributed by atoms with E-state index in [4.69, 9.17) is 10.5 Å². The monoisotopic (exact) mass is 415 g/mol. The summed E-state index contributed by atoms with van der Waals surface area (Å²) in [5, 5.41) is 5.15. The summed E-state index contributed by atoms with van der Waals surface area (Å²) >= 11 is 1.52. The number of hydrogen-bond acceptors (Lipinski definition) is 5. The molecule has 2 aromatic rings. The number of thioether (sulfide) groups is 1. The lowest BCUT2D eigenvalue weighted by Crippen LogP contribution is -2.45. The SMILES string of the molecule is CSCC[C@H](NC(N)=O)C(=O)O[C@@H](C(=O)Nc1ccc(C)cc1)c1ccccc1. The molecule has 0 aliphatic heterocycles. The van der Waals surface area contributed by atoms with E-state index in [-0.39, 0.29) is 0 Å². The Morgan fingerprint density at radius 3 is 2.31 bits per heavy atom. The third-order valence-corrected chi connectivity index (χ3v) is 4.75. The fourth-order valence-corrected chi connectivity index (χ4v) is 3.07. The number of carbonyl (C=O) groups excluding carboxylic acids is 3. The highest BCUT2D eigenvalue weighted by Gasteiger charge is 2.29. The zero-order valence-electron chi connectivity index (χ0n) is 16.4. The van der Waals surface area contributed by atoms with Crippen LogP contribution < -0.4 is 16.4 Å². The van der Waals surface area contributed by atoms with Crippen LogP contribution in [-0.4, -0.2) is 36.0 Å². The number of esters is 1. The van der Waals surface area contributed by atoms with Crippen molar-refractivity contribution in [2.45, 2.75) is 25.5 Å². The summed E-state index contributed by atoms with van der Waals surface area (Å²) in [4.78, 5) is 36.8. The molecular weight excluding hydrogens is 390 g/mol. The van der Waals surface area contributed by atoms with Crippen LogP contribution >= 0.6 is 11.8 Å². The lowest BCUT2D eigenvalue weighted by Gasteiger charge is -2.22. The highest BCUT2D eigenvalue weighted by Crippen LogP contribution is 2.21. The summed E-state index contributed by atoms with van der Waals surface area (Å²) < 4.78 is 5.52. The largest absolute Gasteiger partial charge is 0.446 e. The van der Waals surface area contributed by atoms with Crippen LogP contribution in [0.2, 0.25) is 0 Å². The minimum atomic E-state index is -1.17. The van der Waals surface area contributed by atoms with Gasteiger partial charge in [0.15, 0.2) is 0 Å². The zero-order valence-corrected chi connectivity index (χ0v) is 17.2. The number of nitrogens with two attached hydrogens (primary N) is 1. The van der Waals surface area contributed by atoms with Gasteiger partial charge in [-0.2, -0.15) is 11.8 Å². The zero-order chi connectivity index (χ0) is 21.2. The van der Waals surface area contributed by atoms with E-state index < -0.39 is 30.1 Å². The third kappa shape index (κ3) is 7.15. The molecule has 0 saturated carbocycles. The van der Waals surface area contributed by atoms with Crippen LogP contribution in [0, 0.1) is 6.92 Å². The molecule has 0 unspecified atom stereocenters. The fraction of sp³-hybridized carbons (Fsp3) is 0.286. The maximum atomic E-state index is 12.9.